The molecular weight excluding hydrogens is 1040 g/mol. The van der Waals surface area contributed by atoms with Crippen molar-refractivity contribution in [3.8, 4) is 5.75 Å². The number of carboxylic acid groups (broad SMARTS) is 1. The van der Waals surface area contributed by atoms with E-state index in [1.807, 2.05) is 0 Å². The van der Waals surface area contributed by atoms with Crippen LogP contribution in [-0.2, 0) is 51.1 Å². The lowest BCUT2D eigenvalue weighted by Crippen LogP contribution is -2.60. The SMILES string of the molecule is CC[C@H](C)[C@H](NC(=O)[C@H](Cc1ccc(O)cc1)NC(=O)[C@@H]1CCCN1C(=O)[C@H](CCCN=C(N)N)NC(=O)[C@H](CCCN=C(N)N)NC(=O)[C@@H](N)Cc1cn([C@@H]2O[C@H](CO)[C@@H](O)[C@H](O)[C@H]2[18F])nn1)C(=O)N[C@@H](CC(C)C)C(=O)O. The third-order valence-corrected chi connectivity index (χ3v) is 13.5. The Labute approximate surface area is 456 Å². The number of guanidine groups is 2. The number of phenolic OH excluding ortho intramolecular Hbond substituents is 1. The molecule has 2 aliphatic heterocycles. The normalized spacial score (nSPS) is 21.7. The van der Waals surface area contributed by atoms with Crippen LogP contribution in [0.1, 0.15) is 96.5 Å². The van der Waals surface area contributed by atoms with Gasteiger partial charge in [0, 0.05) is 32.5 Å². The van der Waals surface area contributed by atoms with E-state index >= 15 is 4.39 Å². The predicted octanol–water partition coefficient (Wildman–Crippen LogP) is -4.26. The molecule has 79 heavy (non-hydrogen) atoms. The van der Waals surface area contributed by atoms with Crippen molar-refractivity contribution in [1.82, 2.24) is 46.5 Å². The number of aliphatic hydroxyl groups is 3. The summed E-state index contributed by atoms with van der Waals surface area (Å²) < 4.78 is 21.3. The minimum absolute atomic E-state index is 0.0327. The van der Waals surface area contributed by atoms with Crippen molar-refractivity contribution in [1.29, 1.82) is 0 Å². The van der Waals surface area contributed by atoms with E-state index in [9.17, 15) is 59.1 Å². The minimum atomic E-state index is -2.18. The topological polar surface area (TPSA) is 479 Å². The summed E-state index contributed by atoms with van der Waals surface area (Å²) in [5.74, 6) is -7.04. The highest BCUT2D eigenvalue weighted by molar-refractivity contribution is 5.97. The molecule has 20 N–H and O–H groups in total. The summed E-state index contributed by atoms with van der Waals surface area (Å²) in [6, 6.07) is -3.28. The molecule has 0 saturated carbocycles. The van der Waals surface area contributed by atoms with Crippen LogP contribution in [0.3, 0.4) is 0 Å². The van der Waals surface area contributed by atoms with Crippen LogP contribution in [0, 0.1) is 11.8 Å². The van der Waals surface area contributed by atoms with Gasteiger partial charge < -0.3 is 90.4 Å². The zero-order chi connectivity index (χ0) is 58.7. The molecule has 4 rings (SSSR count). The molecule has 13 atom stereocenters. The number of aromatic hydroxyl groups is 1. The van der Waals surface area contributed by atoms with E-state index in [4.69, 9.17) is 33.4 Å². The smallest absolute Gasteiger partial charge is 0.326 e. The number of halogens is 1. The summed E-state index contributed by atoms with van der Waals surface area (Å²) in [5, 5.41) is 70.7. The number of carboxylic acids is 1. The van der Waals surface area contributed by atoms with Crippen LogP contribution in [0.25, 0.3) is 0 Å². The number of nitrogens with one attached hydrogen (secondary N) is 5. The van der Waals surface area contributed by atoms with Gasteiger partial charge in [-0.25, -0.2) is 13.9 Å². The number of aliphatic imine (C=N–C) groups is 2. The summed E-state index contributed by atoms with van der Waals surface area (Å²) in [5.41, 5.74) is 29.0. The molecule has 0 bridgehead atoms. The first-order valence-electron chi connectivity index (χ1n) is 26.2. The Morgan fingerprint density at radius 1 is 0.810 bits per heavy atom. The van der Waals surface area contributed by atoms with Crippen molar-refractivity contribution in [2.24, 2.45) is 50.5 Å². The van der Waals surface area contributed by atoms with E-state index in [0.29, 0.717) is 18.4 Å². The third-order valence-electron chi connectivity index (χ3n) is 13.5. The van der Waals surface area contributed by atoms with Gasteiger partial charge in [0.25, 0.3) is 0 Å². The Morgan fingerprint density at radius 2 is 1.41 bits per heavy atom. The first-order valence-corrected chi connectivity index (χ1v) is 26.2. The van der Waals surface area contributed by atoms with Gasteiger partial charge in [-0.3, -0.25) is 38.8 Å². The van der Waals surface area contributed by atoms with Crippen molar-refractivity contribution in [2.45, 2.75) is 165 Å². The monoisotopic (exact) mass is 1120 g/mol. The number of amides is 6. The summed E-state index contributed by atoms with van der Waals surface area (Å²) in [4.78, 5) is 106. The quantitative estimate of drug-likeness (QED) is 0.0200. The second kappa shape index (κ2) is 30.8. The fraction of sp³-hybridized carbons (Fsp3) is 0.653. The number of aliphatic hydroxyl groups excluding tert-OH is 3. The zero-order valence-corrected chi connectivity index (χ0v) is 44.8. The van der Waals surface area contributed by atoms with Crippen molar-refractivity contribution >= 4 is 53.3 Å². The van der Waals surface area contributed by atoms with Gasteiger partial charge in [-0.2, -0.15) is 0 Å². The summed E-state index contributed by atoms with van der Waals surface area (Å²) in [6.07, 6.45) is -6.91. The van der Waals surface area contributed by atoms with Gasteiger partial charge in [0.05, 0.1) is 24.5 Å². The highest BCUT2D eigenvalue weighted by atomic mass is 18.2. The van der Waals surface area contributed by atoms with E-state index in [2.05, 4.69) is 46.9 Å². The van der Waals surface area contributed by atoms with Crippen LogP contribution in [0.15, 0.2) is 40.4 Å². The van der Waals surface area contributed by atoms with Crippen molar-refractivity contribution in [3.63, 3.8) is 0 Å². The highest BCUT2D eigenvalue weighted by Crippen LogP contribution is 2.30. The van der Waals surface area contributed by atoms with Crippen LogP contribution in [0.4, 0.5) is 4.39 Å². The van der Waals surface area contributed by atoms with Crippen molar-refractivity contribution < 1.29 is 68.2 Å². The molecular formula is C49H79FN16O13. The maximum absolute atomic E-state index is 15.0. The molecule has 2 saturated heterocycles. The molecule has 2 aliphatic rings. The summed E-state index contributed by atoms with van der Waals surface area (Å²) >= 11 is 0. The average molecular weight is 1120 g/mol. The van der Waals surface area contributed by atoms with Crippen LogP contribution in [0.2, 0.25) is 0 Å². The van der Waals surface area contributed by atoms with Gasteiger partial charge in [0.2, 0.25) is 35.4 Å². The number of phenols is 1. The summed E-state index contributed by atoms with van der Waals surface area (Å²) in [6.45, 7) is 6.46. The van der Waals surface area contributed by atoms with Crippen LogP contribution in [0.5, 0.6) is 5.75 Å². The van der Waals surface area contributed by atoms with E-state index in [1.165, 1.54) is 35.4 Å². The first kappa shape index (κ1) is 64.2. The van der Waals surface area contributed by atoms with Gasteiger partial charge in [0.15, 0.2) is 24.3 Å². The molecule has 0 unspecified atom stereocenters. The molecule has 1 aromatic carbocycles. The number of hydrogen-bond acceptors (Lipinski definition) is 17. The predicted molar refractivity (Wildman–Crippen MR) is 282 cm³/mol. The number of likely N-dealkylation sites (tertiary alicyclic amines) is 1. The third kappa shape index (κ3) is 19.2. The lowest BCUT2D eigenvalue weighted by atomic mass is 9.96. The standard InChI is InChI=1S/C49H79FN16O13/c1-5-25(4)37(44(75)61-33(47(77)78)19-24(2)3)62-42(73)32(20-26-12-14-28(68)15-13-26)60-43(74)34-11-8-18-65(34)45(76)31(10-7-17-57-49(54)55)59-41(72)30(9-6-16-56-48(52)53)58-40(71)29(51)21-27-22-66(64-63-27)46-36(50)39(70)38(69)35(23-67)79-46/h12-15,22,24-25,29-39,46,67-70H,5-11,16-21,23,51H2,1-4H3,(H,58,71)(H,59,72)(H,60,74)(H,61,75)(H,62,73)(H,77,78)(H4,52,53,56)(H4,54,55,57)/t25-,29-,30-,31-,32-,33-,34-,35+,36+,37-,38+,39+,46+/m0/s1/i50-1. The van der Waals surface area contributed by atoms with Gasteiger partial charge >= 0.3 is 5.97 Å². The zero-order valence-electron chi connectivity index (χ0n) is 44.8. The molecule has 3 heterocycles. The fourth-order valence-electron chi connectivity index (χ4n) is 8.96. The summed E-state index contributed by atoms with van der Waals surface area (Å²) in [7, 11) is 0. The number of nitrogens with zero attached hydrogens (tertiary/aromatic N) is 6. The Balaban J connectivity index is 1.57. The fourth-order valence-corrected chi connectivity index (χ4v) is 8.96. The molecule has 0 aliphatic carbocycles. The maximum atomic E-state index is 15.0. The number of aliphatic carboxylic acids is 1. The lowest BCUT2D eigenvalue weighted by molar-refractivity contribution is -0.237. The molecule has 30 heteroatoms. The maximum Gasteiger partial charge on any atom is 0.326 e. The van der Waals surface area contributed by atoms with Crippen molar-refractivity contribution in [2.75, 3.05) is 26.2 Å². The number of benzene rings is 1. The Kier molecular flexibility index (Phi) is 25.0. The molecule has 1 aromatic heterocycles. The Bertz CT molecular complexity index is 2420. The average Bonchev–Trinajstić information content (AvgIpc) is 4.12. The van der Waals surface area contributed by atoms with Crippen LogP contribution < -0.4 is 55.3 Å². The number of carbonyl (C=O) groups excluding carboxylic acids is 6. The molecule has 0 spiro atoms. The van der Waals surface area contributed by atoms with E-state index in [1.54, 1.807) is 27.7 Å². The number of hydrogen-bond donors (Lipinski definition) is 15. The number of carbonyl (C=O) groups is 7. The molecule has 29 nitrogen and oxygen atoms in total. The Hall–Kier alpha value is -7.28. The molecule has 2 aromatic rings. The second-order valence-corrected chi connectivity index (χ2v) is 20.2. The highest BCUT2D eigenvalue weighted by Gasteiger charge is 2.46. The minimum Gasteiger partial charge on any atom is -0.508 e. The van der Waals surface area contributed by atoms with Crippen LogP contribution >= 0.6 is 0 Å². The van der Waals surface area contributed by atoms with Crippen LogP contribution in [-0.4, -0.2) is 192 Å². The lowest BCUT2D eigenvalue weighted by Gasteiger charge is -2.38. The number of alkyl halides is 1. The van der Waals surface area contributed by atoms with Gasteiger partial charge in [-0.15, -0.1) is 5.10 Å². The van der Waals surface area contributed by atoms with E-state index in [0.717, 1.165) is 4.68 Å². The first-order chi connectivity index (χ1) is 37.3. The van der Waals surface area contributed by atoms with E-state index < -0.39 is 127 Å². The molecule has 0 radical (unpaired) electrons. The van der Waals surface area contributed by atoms with Gasteiger partial charge in [-0.05, 0) is 74.5 Å². The number of rotatable bonds is 30. The molecule has 2 fully saturated rings. The molecule has 440 valence electrons. The van der Waals surface area contributed by atoms with Gasteiger partial charge in [0.1, 0.15) is 60.3 Å². The van der Waals surface area contributed by atoms with E-state index in [-0.39, 0.29) is 100 Å². The second-order valence-electron chi connectivity index (χ2n) is 20.2. The Morgan fingerprint density at radius 3 is 1.99 bits per heavy atom. The van der Waals surface area contributed by atoms with Gasteiger partial charge in [-0.1, -0.05) is 51.5 Å². The van der Waals surface area contributed by atoms with Crippen molar-refractivity contribution in [3.05, 3.63) is 41.7 Å². The number of nitrogens with two attached hydrogens (primary N) is 5. The molecule has 6 amide bonds. The number of ether oxygens (including phenoxy) is 1. The largest absolute Gasteiger partial charge is 0.508 e. The number of aromatic nitrogens is 3.